The van der Waals surface area contributed by atoms with Crippen LogP contribution in [0.1, 0.15) is 75.2 Å². The molecule has 6 amide bonds. The smallest absolute Gasteiger partial charge is 0.353 e. The number of amides is 6. The van der Waals surface area contributed by atoms with Gasteiger partial charge in [-0.1, -0.05) is 55.4 Å². The summed E-state index contributed by atoms with van der Waals surface area (Å²) in [6.07, 6.45) is -6.89. The molecule has 1 unspecified atom stereocenters. The van der Waals surface area contributed by atoms with E-state index in [1.54, 1.807) is 27.8 Å². The summed E-state index contributed by atoms with van der Waals surface area (Å²) < 4.78 is 39.2. The molecule has 0 aromatic rings. The van der Waals surface area contributed by atoms with Crippen molar-refractivity contribution < 1.29 is 41.9 Å². The summed E-state index contributed by atoms with van der Waals surface area (Å²) in [5, 5.41) is 10.1. The minimum absolute atomic E-state index is 0.0997. The van der Waals surface area contributed by atoms with E-state index in [0.29, 0.717) is 0 Å². The molecule has 15 heteroatoms. The quantitative estimate of drug-likeness (QED) is 0.249. The number of ketones is 1. The zero-order valence-electron chi connectivity index (χ0n) is 28.8. The van der Waals surface area contributed by atoms with Crippen LogP contribution in [0.3, 0.4) is 0 Å². The number of halogens is 3. The number of carbonyl (C=O) groups is 6. The molecular weight excluding hydrogens is 609 g/mol. The number of likely N-dealkylation sites (tertiary alicyclic amines) is 1. The first-order chi connectivity index (χ1) is 20.7. The van der Waals surface area contributed by atoms with Gasteiger partial charge in [0.2, 0.25) is 23.5 Å². The van der Waals surface area contributed by atoms with E-state index < -0.39 is 83.6 Å². The minimum Gasteiger partial charge on any atom is -0.353 e. The lowest BCUT2D eigenvalue weighted by Crippen LogP contribution is -2.62. The van der Waals surface area contributed by atoms with Crippen molar-refractivity contribution in [2.45, 2.75) is 105 Å². The number of rotatable bonds is 11. The van der Waals surface area contributed by atoms with Crippen LogP contribution < -0.4 is 21.3 Å². The molecule has 2 rings (SSSR count). The summed E-state index contributed by atoms with van der Waals surface area (Å²) in [4.78, 5) is 80.6. The third kappa shape index (κ3) is 9.34. The van der Waals surface area contributed by atoms with Gasteiger partial charge in [-0.3, -0.25) is 24.0 Å². The van der Waals surface area contributed by atoms with Crippen molar-refractivity contribution in [3.8, 4) is 0 Å². The maximum absolute atomic E-state index is 14.2. The van der Waals surface area contributed by atoms with E-state index in [1.165, 1.54) is 16.7 Å². The minimum atomic E-state index is -4.63. The Morgan fingerprint density at radius 2 is 1.50 bits per heavy atom. The molecule has 262 valence electrons. The molecule has 4 N–H and O–H groups in total. The Balaban J connectivity index is 2.36. The van der Waals surface area contributed by atoms with Crippen LogP contribution in [0.15, 0.2) is 0 Å². The third-order valence-electron chi connectivity index (χ3n) is 9.29. The first-order valence-electron chi connectivity index (χ1n) is 15.5. The van der Waals surface area contributed by atoms with Crippen molar-refractivity contribution in [3.63, 3.8) is 0 Å². The van der Waals surface area contributed by atoms with Gasteiger partial charge in [0.25, 0.3) is 5.91 Å². The number of likely N-dealkylation sites (N-methyl/N-ethyl adjacent to an activating group) is 2. The molecule has 0 aromatic heterocycles. The topological polar surface area (TPSA) is 157 Å². The normalized spacial score (nSPS) is 22.5. The fraction of sp³-hybridized carbons (Fsp3) is 0.806. The zero-order valence-corrected chi connectivity index (χ0v) is 28.8. The van der Waals surface area contributed by atoms with Crippen molar-refractivity contribution in [2.24, 2.45) is 28.1 Å². The monoisotopic (exact) mass is 660 g/mol. The van der Waals surface area contributed by atoms with Gasteiger partial charge in [0, 0.05) is 40.5 Å². The van der Waals surface area contributed by atoms with E-state index in [4.69, 9.17) is 0 Å². The maximum atomic E-state index is 14.2. The Bertz CT molecular complexity index is 1210. The van der Waals surface area contributed by atoms with Crippen molar-refractivity contribution >= 4 is 35.4 Å². The van der Waals surface area contributed by atoms with Gasteiger partial charge in [-0.05, 0) is 34.5 Å². The summed E-state index contributed by atoms with van der Waals surface area (Å²) in [7, 11) is 2.77. The van der Waals surface area contributed by atoms with Crippen LogP contribution in [0, 0.1) is 28.1 Å². The van der Waals surface area contributed by atoms with Gasteiger partial charge in [0.1, 0.15) is 12.1 Å². The largest absolute Gasteiger partial charge is 0.389 e. The highest BCUT2D eigenvalue weighted by Crippen LogP contribution is 2.65. The van der Waals surface area contributed by atoms with Crippen molar-refractivity contribution in [1.82, 2.24) is 31.1 Å². The van der Waals surface area contributed by atoms with E-state index in [9.17, 15) is 41.9 Å². The number of urea groups is 1. The fourth-order valence-corrected chi connectivity index (χ4v) is 6.01. The predicted molar refractivity (Wildman–Crippen MR) is 164 cm³/mol. The second kappa shape index (κ2) is 13.8. The molecule has 1 saturated carbocycles. The zero-order chi connectivity index (χ0) is 35.7. The summed E-state index contributed by atoms with van der Waals surface area (Å²) in [5.41, 5.74) is -1.66. The molecule has 0 spiro atoms. The summed E-state index contributed by atoms with van der Waals surface area (Å²) in [5.74, 6) is -4.41. The van der Waals surface area contributed by atoms with Gasteiger partial charge in [0.15, 0.2) is 0 Å². The maximum Gasteiger partial charge on any atom is 0.389 e. The van der Waals surface area contributed by atoms with Gasteiger partial charge in [0.05, 0.1) is 12.1 Å². The number of piperidine rings is 1. The highest BCUT2D eigenvalue weighted by molar-refractivity contribution is 6.38. The number of nitrogens with one attached hydrogen (secondary N) is 4. The fourth-order valence-electron chi connectivity index (χ4n) is 6.01. The molecule has 1 aliphatic carbocycles. The Morgan fingerprint density at radius 3 is 1.96 bits per heavy atom. The molecule has 1 heterocycles. The molecule has 0 bridgehead atoms. The van der Waals surface area contributed by atoms with E-state index in [1.807, 2.05) is 34.6 Å². The standard InChI is InChI=1S/C31H51F3N6O6/c1-16(41)39(11)15-19(28(2,3)4)37-27(46)38-23(29(5,6)7)26(45)40-14-17-20(30(17,8)9)21(40)24(43)36-18(12-13-31(32,33)34)22(42)25(44)35-10/h17-21,23H,12-15H2,1-11H3,(H,35,44)(H,36,43)(H2,37,38,46)/t17-,18?,19+,20-,21-,23+/m0/s1. The Morgan fingerprint density at radius 1 is 0.935 bits per heavy atom. The lowest BCUT2D eigenvalue weighted by atomic mass is 9.85. The SMILES string of the molecule is CNC(=O)C(=O)C(CCC(F)(F)F)NC(=O)[C@@H]1[C@@H]2[C@H](CN1C(=O)[C@@H](NC(=O)N[C@H](CN(C)C(C)=O)C(C)(C)C)C(C)(C)C)C2(C)C. The molecule has 6 atom stereocenters. The van der Waals surface area contributed by atoms with Crippen LogP contribution in [0.4, 0.5) is 18.0 Å². The van der Waals surface area contributed by atoms with Crippen LogP contribution >= 0.6 is 0 Å². The van der Waals surface area contributed by atoms with E-state index in [0.717, 1.165) is 7.05 Å². The third-order valence-corrected chi connectivity index (χ3v) is 9.29. The number of hydrogen-bond donors (Lipinski definition) is 4. The Hall–Kier alpha value is -3.39. The van der Waals surface area contributed by atoms with Crippen LogP contribution in [0.25, 0.3) is 0 Å². The molecule has 46 heavy (non-hydrogen) atoms. The van der Waals surface area contributed by atoms with Crippen molar-refractivity contribution in [3.05, 3.63) is 0 Å². The van der Waals surface area contributed by atoms with Crippen molar-refractivity contribution in [1.29, 1.82) is 0 Å². The average molecular weight is 661 g/mol. The lowest BCUT2D eigenvalue weighted by Gasteiger charge is -2.39. The van der Waals surface area contributed by atoms with Crippen LogP contribution in [-0.2, 0) is 24.0 Å². The first-order valence-corrected chi connectivity index (χ1v) is 15.5. The van der Waals surface area contributed by atoms with Crippen LogP contribution in [0.5, 0.6) is 0 Å². The Labute approximate surface area is 269 Å². The van der Waals surface area contributed by atoms with Crippen LogP contribution in [0.2, 0.25) is 0 Å². The highest BCUT2D eigenvalue weighted by atomic mass is 19.4. The molecule has 2 fully saturated rings. The molecule has 12 nitrogen and oxygen atoms in total. The summed E-state index contributed by atoms with van der Waals surface area (Å²) >= 11 is 0. The molecule has 2 aliphatic rings. The Kier molecular flexibility index (Phi) is 11.6. The van der Waals surface area contributed by atoms with E-state index >= 15 is 0 Å². The van der Waals surface area contributed by atoms with Gasteiger partial charge in [-0.2, -0.15) is 13.2 Å². The number of hydrogen-bond acceptors (Lipinski definition) is 6. The summed E-state index contributed by atoms with van der Waals surface area (Å²) in [6.45, 7) is 16.5. The average Bonchev–Trinajstić information content (AvgIpc) is 3.22. The van der Waals surface area contributed by atoms with E-state index in [-0.39, 0.29) is 36.2 Å². The molecule has 0 aromatic carbocycles. The second-order valence-electron chi connectivity index (χ2n) is 15.3. The summed E-state index contributed by atoms with van der Waals surface area (Å²) in [6, 6.07) is -5.15. The second-order valence-corrected chi connectivity index (χ2v) is 15.3. The van der Waals surface area contributed by atoms with Gasteiger partial charge < -0.3 is 31.1 Å². The van der Waals surface area contributed by atoms with Gasteiger partial charge in [-0.15, -0.1) is 0 Å². The first kappa shape index (κ1) is 38.8. The van der Waals surface area contributed by atoms with Crippen LogP contribution in [-0.4, -0.2) is 103 Å². The predicted octanol–water partition coefficient (Wildman–Crippen LogP) is 2.22. The number of nitrogens with zero attached hydrogens (tertiary/aromatic N) is 2. The molecular formula is C31H51F3N6O6. The molecule has 0 radical (unpaired) electrons. The number of Topliss-reactive ketones (excluding diaryl/α,β-unsaturated/α-hetero) is 1. The lowest BCUT2D eigenvalue weighted by molar-refractivity contribution is -0.148. The number of carbonyl (C=O) groups excluding carboxylic acids is 6. The molecule has 1 saturated heterocycles. The highest BCUT2D eigenvalue weighted by Gasteiger charge is 2.70. The molecule has 1 aliphatic heterocycles. The van der Waals surface area contributed by atoms with Crippen molar-refractivity contribution in [2.75, 3.05) is 27.2 Å². The van der Waals surface area contributed by atoms with Gasteiger partial charge >= 0.3 is 12.2 Å². The number of alkyl halides is 3. The number of fused-ring (bicyclic) bond motifs is 1. The van der Waals surface area contributed by atoms with Gasteiger partial charge in [-0.25, -0.2) is 4.79 Å². The van der Waals surface area contributed by atoms with E-state index in [2.05, 4.69) is 21.3 Å².